The summed E-state index contributed by atoms with van der Waals surface area (Å²) in [5.41, 5.74) is 10.0. The molecule has 1 unspecified atom stereocenters. The highest BCUT2D eigenvalue weighted by atomic mass is 14.5. The van der Waals surface area contributed by atoms with Gasteiger partial charge in [-0.3, -0.25) is 0 Å². The van der Waals surface area contributed by atoms with E-state index in [1.165, 1.54) is 16.7 Å². The summed E-state index contributed by atoms with van der Waals surface area (Å²) in [6, 6.07) is 6.90. The normalized spacial score (nSPS) is 12.8. The van der Waals surface area contributed by atoms with E-state index in [-0.39, 0.29) is 0 Å². The highest BCUT2D eigenvalue weighted by Gasteiger charge is 2.06. The van der Waals surface area contributed by atoms with Crippen molar-refractivity contribution in [1.82, 2.24) is 0 Å². The fourth-order valence-corrected chi connectivity index (χ4v) is 2.04. The Morgan fingerprint density at radius 2 is 1.80 bits per heavy atom. The highest BCUT2D eigenvalue weighted by Crippen LogP contribution is 2.22. The van der Waals surface area contributed by atoms with Gasteiger partial charge in [0.1, 0.15) is 0 Å². The van der Waals surface area contributed by atoms with E-state index in [0.29, 0.717) is 5.92 Å². The lowest BCUT2D eigenvalue weighted by atomic mass is 9.92. The summed E-state index contributed by atoms with van der Waals surface area (Å²) in [4.78, 5) is 0. The molecule has 0 spiro atoms. The van der Waals surface area contributed by atoms with Crippen molar-refractivity contribution >= 4 is 0 Å². The predicted molar refractivity (Wildman–Crippen MR) is 67.3 cm³/mol. The van der Waals surface area contributed by atoms with Crippen LogP contribution in [0, 0.1) is 0 Å². The second kappa shape index (κ2) is 5.92. The van der Waals surface area contributed by atoms with E-state index in [0.717, 1.165) is 25.8 Å². The number of nitrogens with two attached hydrogens (primary N) is 1. The minimum Gasteiger partial charge on any atom is -0.330 e. The number of rotatable bonds is 5. The molecular formula is C14H23N. The molecule has 2 N–H and O–H groups in total. The van der Waals surface area contributed by atoms with Crippen LogP contribution in [0.15, 0.2) is 18.2 Å². The lowest BCUT2D eigenvalue weighted by molar-refractivity contribution is 0.688. The molecule has 1 rings (SSSR count). The molecule has 0 radical (unpaired) electrons. The second-order valence-corrected chi connectivity index (χ2v) is 4.21. The zero-order valence-electron chi connectivity index (χ0n) is 10.2. The Morgan fingerprint density at radius 3 is 2.33 bits per heavy atom. The Labute approximate surface area is 93.7 Å². The topological polar surface area (TPSA) is 26.0 Å². The van der Waals surface area contributed by atoms with Gasteiger partial charge < -0.3 is 5.73 Å². The summed E-state index contributed by atoms with van der Waals surface area (Å²) in [6.07, 6.45) is 3.34. The molecule has 15 heavy (non-hydrogen) atoms. The summed E-state index contributed by atoms with van der Waals surface area (Å²) >= 11 is 0. The largest absolute Gasteiger partial charge is 0.330 e. The van der Waals surface area contributed by atoms with Crippen molar-refractivity contribution in [2.24, 2.45) is 5.73 Å². The first-order valence-electron chi connectivity index (χ1n) is 6.04. The molecule has 0 fully saturated rings. The van der Waals surface area contributed by atoms with Gasteiger partial charge in [-0.2, -0.15) is 0 Å². The van der Waals surface area contributed by atoms with E-state index >= 15 is 0 Å². The standard InChI is InChI=1S/C14H23N/c1-4-12-6-7-14(10-13(12)5-2)11(3)8-9-15/h6-7,10-11H,4-5,8-9,15H2,1-3H3. The van der Waals surface area contributed by atoms with Crippen LogP contribution in [0.25, 0.3) is 0 Å². The third-order valence-corrected chi connectivity index (χ3v) is 3.16. The molecule has 1 aromatic rings. The molecule has 0 aliphatic rings. The maximum absolute atomic E-state index is 5.59. The van der Waals surface area contributed by atoms with Crippen LogP contribution in [0.4, 0.5) is 0 Å². The minimum absolute atomic E-state index is 0.589. The maximum atomic E-state index is 5.59. The first kappa shape index (κ1) is 12.3. The van der Waals surface area contributed by atoms with Gasteiger partial charge in [0, 0.05) is 0 Å². The van der Waals surface area contributed by atoms with Crippen molar-refractivity contribution in [2.45, 2.75) is 46.0 Å². The second-order valence-electron chi connectivity index (χ2n) is 4.21. The molecule has 1 nitrogen and oxygen atoms in total. The molecule has 0 aliphatic carbocycles. The van der Waals surface area contributed by atoms with Gasteiger partial charge in [-0.25, -0.2) is 0 Å². The lowest BCUT2D eigenvalue weighted by Gasteiger charge is -2.14. The average Bonchev–Trinajstić information content (AvgIpc) is 2.28. The van der Waals surface area contributed by atoms with Crippen molar-refractivity contribution in [1.29, 1.82) is 0 Å². The fraction of sp³-hybridized carbons (Fsp3) is 0.571. The molecule has 0 saturated heterocycles. The Morgan fingerprint density at radius 1 is 1.13 bits per heavy atom. The third kappa shape index (κ3) is 3.07. The van der Waals surface area contributed by atoms with Crippen LogP contribution in [0.3, 0.4) is 0 Å². The molecule has 84 valence electrons. The summed E-state index contributed by atoms with van der Waals surface area (Å²) in [6.45, 7) is 7.48. The fourth-order valence-electron chi connectivity index (χ4n) is 2.04. The first-order valence-corrected chi connectivity index (χ1v) is 6.04. The van der Waals surface area contributed by atoms with E-state index < -0.39 is 0 Å². The molecule has 0 saturated carbocycles. The van der Waals surface area contributed by atoms with Crippen molar-refractivity contribution in [2.75, 3.05) is 6.54 Å². The van der Waals surface area contributed by atoms with E-state index in [1.54, 1.807) is 0 Å². The van der Waals surface area contributed by atoms with Crippen LogP contribution in [-0.4, -0.2) is 6.54 Å². The van der Waals surface area contributed by atoms with Gasteiger partial charge in [0.15, 0.2) is 0 Å². The van der Waals surface area contributed by atoms with Crippen LogP contribution in [0.5, 0.6) is 0 Å². The Balaban J connectivity index is 2.92. The van der Waals surface area contributed by atoms with Gasteiger partial charge in [-0.05, 0) is 48.4 Å². The Hall–Kier alpha value is -0.820. The molecule has 0 amide bonds. The van der Waals surface area contributed by atoms with Crippen LogP contribution >= 0.6 is 0 Å². The van der Waals surface area contributed by atoms with Gasteiger partial charge in [0.25, 0.3) is 0 Å². The number of hydrogen-bond donors (Lipinski definition) is 1. The Bertz CT molecular complexity index is 304. The molecule has 0 aliphatic heterocycles. The van der Waals surface area contributed by atoms with Crippen molar-refractivity contribution in [3.8, 4) is 0 Å². The Kier molecular flexibility index (Phi) is 4.83. The third-order valence-electron chi connectivity index (χ3n) is 3.16. The minimum atomic E-state index is 0.589. The van der Waals surface area contributed by atoms with E-state index in [2.05, 4.69) is 39.0 Å². The SMILES string of the molecule is CCc1ccc(C(C)CCN)cc1CC. The van der Waals surface area contributed by atoms with Gasteiger partial charge in [-0.15, -0.1) is 0 Å². The van der Waals surface area contributed by atoms with Gasteiger partial charge in [0.05, 0.1) is 0 Å². The highest BCUT2D eigenvalue weighted by molar-refractivity contribution is 5.33. The number of aryl methyl sites for hydroxylation is 2. The monoisotopic (exact) mass is 205 g/mol. The van der Waals surface area contributed by atoms with Crippen LogP contribution in [-0.2, 0) is 12.8 Å². The number of benzene rings is 1. The van der Waals surface area contributed by atoms with E-state index in [1.807, 2.05) is 0 Å². The summed E-state index contributed by atoms with van der Waals surface area (Å²) < 4.78 is 0. The van der Waals surface area contributed by atoms with Crippen LogP contribution < -0.4 is 5.73 Å². The van der Waals surface area contributed by atoms with E-state index in [4.69, 9.17) is 5.73 Å². The average molecular weight is 205 g/mol. The summed E-state index contributed by atoms with van der Waals surface area (Å²) in [5, 5.41) is 0. The number of hydrogen-bond acceptors (Lipinski definition) is 1. The smallest absolute Gasteiger partial charge is 0.00715 e. The van der Waals surface area contributed by atoms with Crippen LogP contribution in [0.2, 0.25) is 0 Å². The molecule has 1 aromatic carbocycles. The van der Waals surface area contributed by atoms with Gasteiger partial charge in [0.2, 0.25) is 0 Å². The molecule has 1 heteroatoms. The van der Waals surface area contributed by atoms with E-state index in [9.17, 15) is 0 Å². The van der Waals surface area contributed by atoms with Gasteiger partial charge in [-0.1, -0.05) is 39.0 Å². The summed E-state index contributed by atoms with van der Waals surface area (Å²) in [7, 11) is 0. The molecule has 1 atom stereocenters. The van der Waals surface area contributed by atoms with Crippen molar-refractivity contribution < 1.29 is 0 Å². The summed E-state index contributed by atoms with van der Waals surface area (Å²) in [5.74, 6) is 0.589. The van der Waals surface area contributed by atoms with Gasteiger partial charge >= 0.3 is 0 Å². The first-order chi connectivity index (χ1) is 7.22. The molecule has 0 bridgehead atoms. The van der Waals surface area contributed by atoms with Crippen molar-refractivity contribution in [3.63, 3.8) is 0 Å². The van der Waals surface area contributed by atoms with Crippen LogP contribution in [0.1, 0.15) is 49.8 Å². The zero-order valence-corrected chi connectivity index (χ0v) is 10.2. The lowest BCUT2D eigenvalue weighted by Crippen LogP contribution is -2.05. The van der Waals surface area contributed by atoms with Crippen molar-refractivity contribution in [3.05, 3.63) is 34.9 Å². The molecule has 0 aromatic heterocycles. The zero-order chi connectivity index (χ0) is 11.3. The molecule has 0 heterocycles. The quantitative estimate of drug-likeness (QED) is 0.784. The predicted octanol–water partition coefficient (Wildman–Crippen LogP) is 3.26. The molecular weight excluding hydrogens is 182 g/mol. The maximum Gasteiger partial charge on any atom is -0.00715 e.